The van der Waals surface area contributed by atoms with Gasteiger partial charge in [-0.25, -0.2) is 0 Å². The second-order valence-electron chi connectivity index (χ2n) is 6.12. The number of hydrogen-bond donors (Lipinski definition) is 1. The number of ether oxygens (including phenoxy) is 2. The van der Waals surface area contributed by atoms with E-state index in [-0.39, 0.29) is 11.8 Å². The summed E-state index contributed by atoms with van der Waals surface area (Å²) in [6, 6.07) is 7.16. The molecule has 0 aromatic heterocycles. The van der Waals surface area contributed by atoms with E-state index in [1.807, 2.05) is 17.0 Å². The molecular weight excluding hydrogens is 308 g/mol. The van der Waals surface area contributed by atoms with Gasteiger partial charge >= 0.3 is 0 Å². The van der Waals surface area contributed by atoms with Crippen molar-refractivity contribution in [1.29, 1.82) is 0 Å². The largest absolute Gasteiger partial charge is 0.497 e. The van der Waals surface area contributed by atoms with E-state index >= 15 is 0 Å². The van der Waals surface area contributed by atoms with Gasteiger partial charge in [-0.2, -0.15) is 0 Å². The van der Waals surface area contributed by atoms with Crippen LogP contribution in [0.15, 0.2) is 24.3 Å². The smallest absolute Gasteiger partial charge is 0.254 e. The number of benzene rings is 1. The SMILES string of the molecule is CNC(=O)CCC1(OC)CCCN(C(=O)c2cccc(OC)c2)C1. The van der Waals surface area contributed by atoms with E-state index in [1.54, 1.807) is 33.4 Å². The summed E-state index contributed by atoms with van der Waals surface area (Å²) >= 11 is 0. The van der Waals surface area contributed by atoms with Gasteiger partial charge in [0.05, 0.1) is 12.7 Å². The van der Waals surface area contributed by atoms with Gasteiger partial charge in [0.1, 0.15) is 5.75 Å². The van der Waals surface area contributed by atoms with Gasteiger partial charge in [-0.15, -0.1) is 0 Å². The van der Waals surface area contributed by atoms with E-state index in [0.717, 1.165) is 12.8 Å². The lowest BCUT2D eigenvalue weighted by atomic mass is 9.87. The normalized spacial score (nSPS) is 20.5. The average molecular weight is 334 g/mol. The summed E-state index contributed by atoms with van der Waals surface area (Å²) in [5, 5.41) is 2.63. The topological polar surface area (TPSA) is 67.9 Å². The van der Waals surface area contributed by atoms with Crippen LogP contribution in [-0.2, 0) is 9.53 Å². The van der Waals surface area contributed by atoms with Gasteiger partial charge in [0, 0.05) is 39.2 Å². The van der Waals surface area contributed by atoms with Gasteiger partial charge in [0.2, 0.25) is 5.91 Å². The fourth-order valence-corrected chi connectivity index (χ4v) is 3.15. The molecule has 1 atom stereocenters. The molecular formula is C18H26N2O4. The van der Waals surface area contributed by atoms with Gasteiger partial charge in [-0.1, -0.05) is 6.07 Å². The van der Waals surface area contributed by atoms with Gasteiger partial charge < -0.3 is 19.7 Å². The number of nitrogens with zero attached hydrogens (tertiary/aromatic N) is 1. The van der Waals surface area contributed by atoms with Crippen molar-refractivity contribution in [2.24, 2.45) is 0 Å². The van der Waals surface area contributed by atoms with Crippen LogP contribution in [-0.4, -0.2) is 56.7 Å². The van der Waals surface area contributed by atoms with Gasteiger partial charge in [-0.3, -0.25) is 9.59 Å². The number of amides is 2. The van der Waals surface area contributed by atoms with E-state index in [9.17, 15) is 9.59 Å². The maximum atomic E-state index is 12.8. The molecule has 24 heavy (non-hydrogen) atoms. The molecule has 1 aliphatic rings. The molecule has 1 aromatic rings. The zero-order valence-electron chi connectivity index (χ0n) is 14.6. The van der Waals surface area contributed by atoms with E-state index in [1.165, 1.54) is 0 Å². The van der Waals surface area contributed by atoms with Crippen LogP contribution in [0.3, 0.4) is 0 Å². The summed E-state index contributed by atoms with van der Waals surface area (Å²) in [5.74, 6) is 0.619. The molecule has 1 saturated heterocycles. The highest BCUT2D eigenvalue weighted by Gasteiger charge is 2.37. The third kappa shape index (κ3) is 4.26. The first-order valence-corrected chi connectivity index (χ1v) is 8.22. The average Bonchev–Trinajstić information content (AvgIpc) is 2.65. The quantitative estimate of drug-likeness (QED) is 0.862. The molecule has 0 bridgehead atoms. The van der Waals surface area contributed by atoms with E-state index < -0.39 is 5.60 Å². The molecule has 1 unspecified atom stereocenters. The number of hydrogen-bond acceptors (Lipinski definition) is 4. The van der Waals surface area contributed by atoms with Crippen LogP contribution >= 0.6 is 0 Å². The number of nitrogens with one attached hydrogen (secondary N) is 1. The molecule has 6 nitrogen and oxygen atoms in total. The first-order valence-electron chi connectivity index (χ1n) is 8.22. The number of carbonyl (C=O) groups is 2. The molecule has 0 aliphatic carbocycles. The first-order chi connectivity index (χ1) is 11.5. The lowest BCUT2D eigenvalue weighted by Gasteiger charge is -2.42. The van der Waals surface area contributed by atoms with Crippen molar-refractivity contribution in [1.82, 2.24) is 10.2 Å². The summed E-state index contributed by atoms with van der Waals surface area (Å²) < 4.78 is 10.9. The monoisotopic (exact) mass is 334 g/mol. The van der Waals surface area contributed by atoms with Crippen LogP contribution in [0.2, 0.25) is 0 Å². The van der Waals surface area contributed by atoms with E-state index in [4.69, 9.17) is 9.47 Å². The van der Waals surface area contributed by atoms with Crippen molar-refractivity contribution in [2.45, 2.75) is 31.3 Å². The van der Waals surface area contributed by atoms with Crippen LogP contribution in [0.25, 0.3) is 0 Å². The van der Waals surface area contributed by atoms with E-state index in [0.29, 0.717) is 37.2 Å². The molecule has 0 spiro atoms. The molecule has 2 amide bonds. The standard InChI is InChI=1S/C18H26N2O4/c1-19-16(21)8-10-18(24-3)9-5-11-20(13-18)17(22)14-6-4-7-15(12-14)23-2/h4,6-7,12H,5,8-11,13H2,1-3H3,(H,19,21). The number of likely N-dealkylation sites (tertiary alicyclic amines) is 1. The fraction of sp³-hybridized carbons (Fsp3) is 0.556. The highest BCUT2D eigenvalue weighted by atomic mass is 16.5. The Kier molecular flexibility index (Phi) is 6.20. The summed E-state index contributed by atoms with van der Waals surface area (Å²) in [5.41, 5.74) is 0.145. The molecule has 132 valence electrons. The molecule has 1 aliphatic heterocycles. The number of methoxy groups -OCH3 is 2. The highest BCUT2D eigenvalue weighted by molar-refractivity contribution is 5.94. The molecule has 6 heteroatoms. The Hall–Kier alpha value is -2.08. The Labute approximate surface area is 143 Å². The molecule has 2 rings (SSSR count). The minimum atomic E-state index is -0.459. The molecule has 1 N–H and O–H groups in total. The van der Waals surface area contributed by atoms with E-state index in [2.05, 4.69) is 5.32 Å². The minimum Gasteiger partial charge on any atom is -0.497 e. The van der Waals surface area contributed by atoms with Gasteiger partial charge in [0.15, 0.2) is 0 Å². The minimum absolute atomic E-state index is 0.0114. The second-order valence-corrected chi connectivity index (χ2v) is 6.12. The number of piperidine rings is 1. The lowest BCUT2D eigenvalue weighted by Crippen LogP contribution is -2.51. The van der Waals surface area contributed by atoms with Crippen LogP contribution in [0.5, 0.6) is 5.75 Å². The lowest BCUT2D eigenvalue weighted by molar-refractivity contribution is -0.123. The Bertz CT molecular complexity index is 590. The summed E-state index contributed by atoms with van der Waals surface area (Å²) in [6.45, 7) is 1.19. The van der Waals surface area contributed by atoms with Crippen molar-refractivity contribution in [3.63, 3.8) is 0 Å². The zero-order chi connectivity index (χ0) is 17.6. The third-order valence-electron chi connectivity index (χ3n) is 4.66. The van der Waals surface area contributed by atoms with Crippen molar-refractivity contribution in [3.8, 4) is 5.75 Å². The molecule has 0 radical (unpaired) electrons. The molecule has 1 fully saturated rings. The fourth-order valence-electron chi connectivity index (χ4n) is 3.15. The van der Waals surface area contributed by atoms with Crippen molar-refractivity contribution in [2.75, 3.05) is 34.4 Å². The zero-order valence-corrected chi connectivity index (χ0v) is 14.6. The van der Waals surface area contributed by atoms with Crippen LogP contribution in [0.4, 0.5) is 0 Å². The van der Waals surface area contributed by atoms with Crippen molar-refractivity contribution >= 4 is 11.8 Å². The van der Waals surface area contributed by atoms with Crippen LogP contribution < -0.4 is 10.1 Å². The Balaban J connectivity index is 2.10. The Morgan fingerprint density at radius 3 is 2.79 bits per heavy atom. The van der Waals surface area contributed by atoms with Crippen molar-refractivity contribution in [3.05, 3.63) is 29.8 Å². The maximum Gasteiger partial charge on any atom is 0.254 e. The van der Waals surface area contributed by atoms with Crippen molar-refractivity contribution < 1.29 is 19.1 Å². The van der Waals surface area contributed by atoms with Gasteiger partial charge in [0.25, 0.3) is 5.91 Å². The summed E-state index contributed by atoms with van der Waals surface area (Å²) in [4.78, 5) is 26.2. The molecule has 1 aromatic carbocycles. The number of rotatable bonds is 6. The second kappa shape index (κ2) is 8.15. The van der Waals surface area contributed by atoms with Gasteiger partial charge in [-0.05, 0) is 37.5 Å². The summed E-state index contributed by atoms with van der Waals surface area (Å²) in [7, 11) is 4.86. The number of carbonyl (C=O) groups excluding carboxylic acids is 2. The third-order valence-corrected chi connectivity index (χ3v) is 4.66. The maximum absolute atomic E-state index is 12.8. The Morgan fingerprint density at radius 2 is 2.12 bits per heavy atom. The predicted octanol–water partition coefficient (Wildman–Crippen LogP) is 1.84. The van der Waals surface area contributed by atoms with Crippen LogP contribution in [0.1, 0.15) is 36.0 Å². The van der Waals surface area contributed by atoms with Crippen LogP contribution in [0, 0.1) is 0 Å². The molecule has 0 saturated carbocycles. The first kappa shape index (κ1) is 18.3. The Morgan fingerprint density at radius 1 is 1.33 bits per heavy atom. The summed E-state index contributed by atoms with van der Waals surface area (Å²) in [6.07, 6.45) is 2.70. The molecule has 1 heterocycles. The highest BCUT2D eigenvalue weighted by Crippen LogP contribution is 2.30. The predicted molar refractivity (Wildman–Crippen MR) is 91.2 cm³/mol.